The maximum absolute atomic E-state index is 12.6. The highest BCUT2D eigenvalue weighted by molar-refractivity contribution is 9.11. The van der Waals surface area contributed by atoms with Crippen molar-refractivity contribution in [3.05, 3.63) is 60.5 Å². The average molecular weight is 483 g/mol. The largest absolute Gasteiger partial charge is 0.506 e. The number of nitro benzene ring substituents is 1. The number of halogens is 5. The van der Waals surface area contributed by atoms with E-state index in [0.29, 0.717) is 21.1 Å². The number of phenolic OH excluding ortho intramolecular Hbond substituents is 1. The first-order valence-electron chi connectivity index (χ1n) is 6.42. The first-order chi connectivity index (χ1) is 11.6. The first kappa shape index (κ1) is 19.2. The molecule has 0 saturated carbocycles. The van der Waals surface area contributed by atoms with Crippen molar-refractivity contribution in [2.24, 2.45) is 5.10 Å². The minimum absolute atomic E-state index is 0.115. The van der Waals surface area contributed by atoms with Gasteiger partial charge in [0.25, 0.3) is 5.69 Å². The quantitative estimate of drug-likeness (QED) is 0.352. The third-order valence-electron chi connectivity index (χ3n) is 2.97. The summed E-state index contributed by atoms with van der Waals surface area (Å²) in [4.78, 5) is 10.0. The highest BCUT2D eigenvalue weighted by Crippen LogP contribution is 2.35. The van der Waals surface area contributed by atoms with Crippen molar-refractivity contribution in [3.63, 3.8) is 0 Å². The van der Waals surface area contributed by atoms with E-state index in [9.17, 15) is 28.4 Å². The Morgan fingerprint density at radius 1 is 1.24 bits per heavy atom. The van der Waals surface area contributed by atoms with Crippen molar-refractivity contribution in [2.75, 3.05) is 5.43 Å². The number of nitro groups is 1. The highest BCUT2D eigenvalue weighted by Gasteiger charge is 2.33. The van der Waals surface area contributed by atoms with Crippen LogP contribution >= 0.6 is 31.9 Å². The number of rotatable bonds is 4. The first-order valence-corrected chi connectivity index (χ1v) is 8.01. The molecule has 0 saturated heterocycles. The molecule has 0 aromatic heterocycles. The van der Waals surface area contributed by atoms with Gasteiger partial charge in [0, 0.05) is 16.1 Å². The standard InChI is InChI=1S/C14H8Br2F3N3O3/c15-9-3-7(13(23)10(16)5-9)6-20-21-11-2-1-8(14(17,18)19)4-12(11)22(24)25/h1-6,21,23H/b20-6-. The van der Waals surface area contributed by atoms with Crippen molar-refractivity contribution in [3.8, 4) is 5.75 Å². The molecule has 25 heavy (non-hydrogen) atoms. The summed E-state index contributed by atoms with van der Waals surface area (Å²) >= 11 is 6.36. The molecule has 6 nitrogen and oxygen atoms in total. The summed E-state index contributed by atoms with van der Waals surface area (Å²) in [6, 6.07) is 5.17. The fourth-order valence-corrected chi connectivity index (χ4v) is 3.07. The summed E-state index contributed by atoms with van der Waals surface area (Å²) < 4.78 is 39.0. The molecule has 0 heterocycles. The van der Waals surface area contributed by atoms with Gasteiger partial charge in [0.05, 0.1) is 21.2 Å². The van der Waals surface area contributed by atoms with Crippen LogP contribution in [0.1, 0.15) is 11.1 Å². The second-order valence-electron chi connectivity index (χ2n) is 4.68. The summed E-state index contributed by atoms with van der Waals surface area (Å²) in [7, 11) is 0. The molecule has 2 aromatic rings. The van der Waals surface area contributed by atoms with Gasteiger partial charge in [-0.1, -0.05) is 15.9 Å². The lowest BCUT2D eigenvalue weighted by Gasteiger charge is -2.08. The predicted molar refractivity (Wildman–Crippen MR) is 92.8 cm³/mol. The van der Waals surface area contributed by atoms with Gasteiger partial charge in [-0.2, -0.15) is 18.3 Å². The molecule has 11 heteroatoms. The SMILES string of the molecule is O=[N+]([O-])c1cc(C(F)(F)F)ccc1N/N=C\c1cc(Br)cc(Br)c1O. The lowest BCUT2D eigenvalue weighted by molar-refractivity contribution is -0.384. The van der Waals surface area contributed by atoms with Gasteiger partial charge in [0.2, 0.25) is 0 Å². The highest BCUT2D eigenvalue weighted by atomic mass is 79.9. The van der Waals surface area contributed by atoms with Crippen molar-refractivity contribution in [1.29, 1.82) is 0 Å². The molecule has 0 aliphatic carbocycles. The molecule has 0 aliphatic heterocycles. The van der Waals surface area contributed by atoms with Gasteiger partial charge >= 0.3 is 6.18 Å². The third kappa shape index (κ3) is 4.69. The van der Waals surface area contributed by atoms with Crippen LogP contribution in [-0.2, 0) is 6.18 Å². The molecule has 0 bridgehead atoms. The molecule has 0 unspecified atom stereocenters. The minimum atomic E-state index is -4.69. The Kier molecular flexibility index (Phi) is 5.68. The van der Waals surface area contributed by atoms with Crippen LogP contribution in [0.15, 0.2) is 44.4 Å². The van der Waals surface area contributed by atoms with Crippen molar-refractivity contribution in [1.82, 2.24) is 0 Å². The van der Waals surface area contributed by atoms with E-state index in [1.54, 1.807) is 6.07 Å². The van der Waals surface area contributed by atoms with Crippen LogP contribution < -0.4 is 5.43 Å². The molecule has 2 rings (SSSR count). The number of phenols is 1. The molecule has 0 amide bonds. The summed E-state index contributed by atoms with van der Waals surface area (Å²) in [5, 5.41) is 24.6. The van der Waals surface area contributed by atoms with E-state index in [1.165, 1.54) is 12.3 Å². The van der Waals surface area contributed by atoms with E-state index in [1.807, 2.05) is 0 Å². The Balaban J connectivity index is 2.30. The summed E-state index contributed by atoms with van der Waals surface area (Å²) in [5.41, 5.74) is 0.459. The van der Waals surface area contributed by atoms with E-state index < -0.39 is 22.4 Å². The number of nitrogens with zero attached hydrogens (tertiary/aromatic N) is 2. The van der Waals surface area contributed by atoms with Gasteiger partial charge in [-0.25, -0.2) is 0 Å². The zero-order chi connectivity index (χ0) is 18.8. The predicted octanol–water partition coefficient (Wildman–Crippen LogP) is 5.29. The minimum Gasteiger partial charge on any atom is -0.506 e. The van der Waals surface area contributed by atoms with E-state index in [0.717, 1.165) is 6.07 Å². The molecule has 0 atom stereocenters. The number of alkyl halides is 3. The fraction of sp³-hybridized carbons (Fsp3) is 0.0714. The number of hydrazone groups is 1. The van der Waals surface area contributed by atoms with Crippen molar-refractivity contribution >= 4 is 49.4 Å². The summed E-state index contributed by atoms with van der Waals surface area (Å²) in [6.07, 6.45) is -3.52. The Bertz CT molecular complexity index is 857. The van der Waals surface area contributed by atoms with Crippen LogP contribution in [-0.4, -0.2) is 16.2 Å². The van der Waals surface area contributed by atoms with Crippen molar-refractivity contribution in [2.45, 2.75) is 6.18 Å². The number of hydrogen-bond donors (Lipinski definition) is 2. The molecule has 2 N–H and O–H groups in total. The van der Waals surface area contributed by atoms with Crippen LogP contribution in [0.2, 0.25) is 0 Å². The lowest BCUT2D eigenvalue weighted by atomic mass is 10.1. The molecular weight excluding hydrogens is 475 g/mol. The van der Waals surface area contributed by atoms with E-state index >= 15 is 0 Å². The average Bonchev–Trinajstić information content (AvgIpc) is 2.50. The van der Waals surface area contributed by atoms with Gasteiger partial charge in [-0.3, -0.25) is 15.5 Å². The molecule has 0 fully saturated rings. The van der Waals surface area contributed by atoms with Gasteiger partial charge in [-0.05, 0) is 40.2 Å². The monoisotopic (exact) mass is 481 g/mol. The third-order valence-corrected chi connectivity index (χ3v) is 4.03. The van der Waals surface area contributed by atoms with Crippen LogP contribution in [0.5, 0.6) is 5.75 Å². The number of aromatic hydroxyl groups is 1. The molecule has 0 aliphatic rings. The summed E-state index contributed by atoms with van der Waals surface area (Å²) in [5.74, 6) is -0.115. The normalized spacial score (nSPS) is 11.7. The van der Waals surface area contributed by atoms with Gasteiger partial charge in [-0.15, -0.1) is 0 Å². The smallest absolute Gasteiger partial charge is 0.416 e. The Hall–Kier alpha value is -2.14. The zero-order valence-electron chi connectivity index (χ0n) is 12.0. The second-order valence-corrected chi connectivity index (χ2v) is 6.45. The van der Waals surface area contributed by atoms with Gasteiger partial charge in [0.15, 0.2) is 0 Å². The topological polar surface area (TPSA) is 87.8 Å². The Morgan fingerprint density at radius 3 is 2.52 bits per heavy atom. The lowest BCUT2D eigenvalue weighted by Crippen LogP contribution is -2.06. The molecular formula is C14H8Br2F3N3O3. The van der Waals surface area contributed by atoms with Crippen LogP contribution in [0.3, 0.4) is 0 Å². The second kappa shape index (κ2) is 7.40. The number of anilines is 1. The zero-order valence-corrected chi connectivity index (χ0v) is 15.2. The van der Waals surface area contributed by atoms with E-state index in [2.05, 4.69) is 42.4 Å². The molecule has 2 aromatic carbocycles. The Labute approximate surface area is 155 Å². The molecule has 0 spiro atoms. The molecule has 0 radical (unpaired) electrons. The van der Waals surface area contributed by atoms with E-state index in [4.69, 9.17) is 0 Å². The molecule has 132 valence electrons. The maximum atomic E-state index is 12.6. The maximum Gasteiger partial charge on any atom is 0.416 e. The van der Waals surface area contributed by atoms with Crippen LogP contribution in [0.4, 0.5) is 24.5 Å². The van der Waals surface area contributed by atoms with Crippen LogP contribution in [0, 0.1) is 10.1 Å². The van der Waals surface area contributed by atoms with Crippen molar-refractivity contribution < 1.29 is 23.2 Å². The van der Waals surface area contributed by atoms with Gasteiger partial charge in [0.1, 0.15) is 11.4 Å². The fourth-order valence-electron chi connectivity index (χ4n) is 1.81. The Morgan fingerprint density at radius 2 is 1.92 bits per heavy atom. The van der Waals surface area contributed by atoms with Gasteiger partial charge < -0.3 is 5.11 Å². The summed E-state index contributed by atoms with van der Waals surface area (Å²) in [6.45, 7) is 0. The van der Waals surface area contributed by atoms with E-state index in [-0.39, 0.29) is 17.0 Å². The number of benzene rings is 2. The number of hydrogen-bond acceptors (Lipinski definition) is 5. The van der Waals surface area contributed by atoms with Crippen LogP contribution in [0.25, 0.3) is 0 Å². The number of nitrogens with one attached hydrogen (secondary N) is 1.